The quantitative estimate of drug-likeness (QED) is 0.905. The minimum absolute atomic E-state index is 0.172. The van der Waals surface area contributed by atoms with Crippen molar-refractivity contribution in [3.63, 3.8) is 0 Å². The van der Waals surface area contributed by atoms with E-state index in [2.05, 4.69) is 4.98 Å². The highest BCUT2D eigenvalue weighted by atomic mass is 16.5. The molecule has 0 radical (unpaired) electrons. The predicted octanol–water partition coefficient (Wildman–Crippen LogP) is 2.42. The topological polar surface area (TPSA) is 62.7 Å². The number of aliphatic hydroxyl groups is 1. The second kappa shape index (κ2) is 7.77. The van der Waals surface area contributed by atoms with Gasteiger partial charge in [-0.1, -0.05) is 6.07 Å². The van der Waals surface area contributed by atoms with Crippen molar-refractivity contribution in [2.45, 2.75) is 52.1 Å². The van der Waals surface area contributed by atoms with Crippen molar-refractivity contribution < 1.29 is 14.6 Å². The third-order valence-corrected chi connectivity index (χ3v) is 4.01. The Labute approximate surface area is 138 Å². The van der Waals surface area contributed by atoms with E-state index >= 15 is 0 Å². The van der Waals surface area contributed by atoms with E-state index in [1.54, 1.807) is 0 Å². The van der Waals surface area contributed by atoms with Crippen LogP contribution in [-0.2, 0) is 11.2 Å². The highest BCUT2D eigenvalue weighted by Gasteiger charge is 2.22. The van der Waals surface area contributed by atoms with Crippen LogP contribution in [0.5, 0.6) is 5.88 Å². The van der Waals surface area contributed by atoms with Gasteiger partial charge in [0.15, 0.2) is 0 Å². The van der Waals surface area contributed by atoms with Crippen molar-refractivity contribution >= 4 is 5.91 Å². The minimum atomic E-state index is -0.279. The van der Waals surface area contributed by atoms with Gasteiger partial charge in [0.2, 0.25) is 11.8 Å². The van der Waals surface area contributed by atoms with E-state index in [4.69, 9.17) is 9.84 Å². The van der Waals surface area contributed by atoms with Gasteiger partial charge in [-0.2, -0.15) is 0 Å². The molecular weight excluding hydrogens is 292 g/mol. The lowest BCUT2D eigenvalue weighted by Gasteiger charge is -2.31. The number of aliphatic hydroxyl groups excluding tert-OH is 1. The van der Waals surface area contributed by atoms with Crippen LogP contribution in [0.2, 0.25) is 0 Å². The Hall–Kier alpha value is -1.62. The Balaban J connectivity index is 1.83. The molecule has 128 valence electrons. The van der Waals surface area contributed by atoms with Crippen LogP contribution >= 0.6 is 0 Å². The number of pyridine rings is 1. The van der Waals surface area contributed by atoms with E-state index in [1.165, 1.54) is 0 Å². The molecule has 1 aliphatic rings. The molecule has 2 rings (SSSR count). The van der Waals surface area contributed by atoms with Crippen LogP contribution in [0, 0.1) is 5.92 Å². The molecule has 1 aliphatic heterocycles. The van der Waals surface area contributed by atoms with Gasteiger partial charge in [0.05, 0.1) is 0 Å². The van der Waals surface area contributed by atoms with Gasteiger partial charge in [0.1, 0.15) is 5.60 Å². The zero-order valence-corrected chi connectivity index (χ0v) is 14.4. The number of amides is 1. The molecule has 0 saturated carbocycles. The minimum Gasteiger partial charge on any atom is -0.472 e. The van der Waals surface area contributed by atoms with Crippen molar-refractivity contribution in [1.29, 1.82) is 0 Å². The van der Waals surface area contributed by atoms with E-state index in [0.717, 1.165) is 31.6 Å². The van der Waals surface area contributed by atoms with Gasteiger partial charge in [-0.15, -0.1) is 0 Å². The van der Waals surface area contributed by atoms with Gasteiger partial charge in [0, 0.05) is 37.9 Å². The summed E-state index contributed by atoms with van der Waals surface area (Å²) in [5, 5.41) is 9.15. The summed E-state index contributed by atoms with van der Waals surface area (Å²) in [7, 11) is 0. The zero-order chi connectivity index (χ0) is 16.9. The van der Waals surface area contributed by atoms with Gasteiger partial charge in [-0.25, -0.2) is 4.98 Å². The Bertz CT molecular complexity index is 517. The molecule has 1 fully saturated rings. The number of piperidine rings is 1. The molecule has 5 heteroatoms. The fourth-order valence-electron chi connectivity index (χ4n) is 2.73. The monoisotopic (exact) mass is 320 g/mol. The molecule has 1 saturated heterocycles. The number of ether oxygens (including phenoxy) is 1. The molecule has 0 spiro atoms. The molecule has 1 amide bonds. The first-order chi connectivity index (χ1) is 10.9. The van der Waals surface area contributed by atoms with Crippen LogP contribution in [0.1, 0.15) is 45.7 Å². The lowest BCUT2D eigenvalue weighted by molar-refractivity contribution is -0.132. The number of hydrogen-bond donors (Lipinski definition) is 1. The van der Waals surface area contributed by atoms with Crippen LogP contribution < -0.4 is 4.74 Å². The number of rotatable bonds is 5. The van der Waals surface area contributed by atoms with Crippen LogP contribution in [0.25, 0.3) is 0 Å². The zero-order valence-electron chi connectivity index (χ0n) is 14.4. The third kappa shape index (κ3) is 5.82. The number of carbonyl (C=O) groups is 1. The highest BCUT2D eigenvalue weighted by Crippen LogP contribution is 2.19. The van der Waals surface area contributed by atoms with E-state index in [-0.39, 0.29) is 18.1 Å². The summed E-state index contributed by atoms with van der Waals surface area (Å²) >= 11 is 0. The Morgan fingerprint density at radius 1 is 1.35 bits per heavy atom. The standard InChI is InChI=1S/C18H28N2O3/c1-18(2,3)23-16-6-4-5-15(19-16)7-8-17(22)20-11-9-14(13-21)10-12-20/h4-6,14,21H,7-13H2,1-3H3. The second-order valence-electron chi connectivity index (χ2n) is 7.19. The number of aromatic nitrogens is 1. The maximum absolute atomic E-state index is 12.3. The average molecular weight is 320 g/mol. The van der Waals surface area contributed by atoms with Crippen molar-refractivity contribution in [3.05, 3.63) is 23.9 Å². The maximum Gasteiger partial charge on any atom is 0.222 e. The highest BCUT2D eigenvalue weighted by molar-refractivity contribution is 5.76. The van der Waals surface area contributed by atoms with Crippen molar-refractivity contribution in [1.82, 2.24) is 9.88 Å². The summed E-state index contributed by atoms with van der Waals surface area (Å²) in [4.78, 5) is 18.7. The lowest BCUT2D eigenvalue weighted by atomic mass is 9.97. The molecule has 5 nitrogen and oxygen atoms in total. The van der Waals surface area contributed by atoms with Gasteiger partial charge < -0.3 is 14.7 Å². The first kappa shape index (κ1) is 17.7. The Morgan fingerprint density at radius 3 is 2.65 bits per heavy atom. The molecule has 2 heterocycles. The van der Waals surface area contributed by atoms with E-state index in [0.29, 0.717) is 24.6 Å². The summed E-state index contributed by atoms with van der Waals surface area (Å²) in [6.07, 6.45) is 2.89. The summed E-state index contributed by atoms with van der Waals surface area (Å²) in [5.74, 6) is 1.13. The molecule has 0 aliphatic carbocycles. The van der Waals surface area contributed by atoms with Crippen LogP contribution in [0.3, 0.4) is 0 Å². The molecule has 0 bridgehead atoms. The van der Waals surface area contributed by atoms with Crippen molar-refractivity contribution in [2.75, 3.05) is 19.7 Å². The van der Waals surface area contributed by atoms with Crippen LogP contribution in [0.4, 0.5) is 0 Å². The average Bonchev–Trinajstić information content (AvgIpc) is 2.51. The fourth-order valence-corrected chi connectivity index (χ4v) is 2.73. The molecular formula is C18H28N2O3. The normalized spacial score (nSPS) is 16.4. The number of hydrogen-bond acceptors (Lipinski definition) is 4. The third-order valence-electron chi connectivity index (χ3n) is 4.01. The second-order valence-corrected chi connectivity index (χ2v) is 7.19. The summed E-state index contributed by atoms with van der Waals surface area (Å²) in [6, 6.07) is 5.69. The van der Waals surface area contributed by atoms with Gasteiger partial charge in [-0.3, -0.25) is 4.79 Å². The predicted molar refractivity (Wildman–Crippen MR) is 89.3 cm³/mol. The van der Waals surface area contributed by atoms with Gasteiger partial charge in [-0.05, 0) is 52.0 Å². The molecule has 1 N–H and O–H groups in total. The summed E-state index contributed by atoms with van der Waals surface area (Å²) in [5.41, 5.74) is 0.601. The number of likely N-dealkylation sites (tertiary alicyclic amines) is 1. The molecule has 0 aromatic carbocycles. The van der Waals surface area contributed by atoms with Gasteiger partial charge in [0.25, 0.3) is 0 Å². The van der Waals surface area contributed by atoms with E-state index < -0.39 is 0 Å². The smallest absolute Gasteiger partial charge is 0.222 e. The Kier molecular flexibility index (Phi) is 5.99. The molecule has 0 unspecified atom stereocenters. The van der Waals surface area contributed by atoms with Crippen LogP contribution in [-0.4, -0.2) is 46.2 Å². The van der Waals surface area contributed by atoms with Crippen molar-refractivity contribution in [2.24, 2.45) is 5.92 Å². The summed E-state index contributed by atoms with van der Waals surface area (Å²) < 4.78 is 5.76. The number of nitrogens with zero attached hydrogens (tertiary/aromatic N) is 2. The lowest BCUT2D eigenvalue weighted by Crippen LogP contribution is -2.39. The number of carbonyl (C=O) groups excluding carboxylic acids is 1. The van der Waals surface area contributed by atoms with E-state index in [9.17, 15) is 4.79 Å². The van der Waals surface area contributed by atoms with E-state index in [1.807, 2.05) is 43.9 Å². The largest absolute Gasteiger partial charge is 0.472 e. The first-order valence-corrected chi connectivity index (χ1v) is 8.41. The molecule has 0 atom stereocenters. The molecule has 1 aromatic heterocycles. The first-order valence-electron chi connectivity index (χ1n) is 8.41. The Morgan fingerprint density at radius 2 is 2.04 bits per heavy atom. The fraction of sp³-hybridized carbons (Fsp3) is 0.667. The summed E-state index contributed by atoms with van der Waals surface area (Å²) in [6.45, 7) is 7.70. The SMILES string of the molecule is CC(C)(C)Oc1cccc(CCC(=O)N2CCC(CO)CC2)n1. The van der Waals surface area contributed by atoms with Gasteiger partial charge >= 0.3 is 0 Å². The number of aryl methyl sites for hydroxylation is 1. The van der Waals surface area contributed by atoms with Crippen LogP contribution in [0.15, 0.2) is 18.2 Å². The molecule has 23 heavy (non-hydrogen) atoms. The van der Waals surface area contributed by atoms with Crippen molar-refractivity contribution in [3.8, 4) is 5.88 Å². The molecule has 1 aromatic rings. The maximum atomic E-state index is 12.3.